The van der Waals surface area contributed by atoms with Crippen LogP contribution in [0.2, 0.25) is 0 Å². The summed E-state index contributed by atoms with van der Waals surface area (Å²) in [5.74, 6) is 4.31. The first-order valence-electron chi connectivity index (χ1n) is 7.15. The summed E-state index contributed by atoms with van der Waals surface area (Å²) >= 11 is 0. The molecule has 3 rings (SSSR count). The number of ether oxygens (including phenoxy) is 1. The number of benzene rings is 2. The molecule has 4 heteroatoms. The van der Waals surface area contributed by atoms with Gasteiger partial charge in [0.05, 0.1) is 24.2 Å². The van der Waals surface area contributed by atoms with Gasteiger partial charge in [-0.25, -0.2) is 4.98 Å². The van der Waals surface area contributed by atoms with Gasteiger partial charge in [0.1, 0.15) is 11.6 Å². The summed E-state index contributed by atoms with van der Waals surface area (Å²) in [6, 6.07) is 13.5. The van der Waals surface area contributed by atoms with Crippen LogP contribution in [0, 0.1) is 12.3 Å². The number of terminal acetylenes is 1. The van der Waals surface area contributed by atoms with E-state index in [9.17, 15) is 0 Å². The fourth-order valence-electron chi connectivity index (χ4n) is 2.52. The second-order valence-corrected chi connectivity index (χ2v) is 4.93. The maximum atomic E-state index is 5.88. The Bertz CT molecular complexity index is 858. The zero-order chi connectivity index (χ0) is 15.5. The van der Waals surface area contributed by atoms with Crippen molar-refractivity contribution in [2.45, 2.75) is 13.5 Å². The number of nitrogen functional groups attached to an aromatic ring is 1. The molecule has 110 valence electrons. The number of nitrogens with two attached hydrogens (primary N) is 1. The lowest BCUT2D eigenvalue weighted by Gasteiger charge is -2.06. The van der Waals surface area contributed by atoms with E-state index in [0.717, 1.165) is 28.2 Å². The molecule has 0 spiro atoms. The normalized spacial score (nSPS) is 10.5. The molecule has 0 saturated carbocycles. The molecule has 0 fully saturated rings. The molecular formula is C18H17N3O. The fraction of sp³-hybridized carbons (Fsp3) is 0.167. The summed E-state index contributed by atoms with van der Waals surface area (Å²) in [4.78, 5) is 4.72. The molecule has 0 bridgehead atoms. The Kier molecular flexibility index (Phi) is 3.71. The van der Waals surface area contributed by atoms with Crippen molar-refractivity contribution in [2.24, 2.45) is 0 Å². The largest absolute Gasteiger partial charge is 0.494 e. The topological polar surface area (TPSA) is 53.1 Å². The molecule has 22 heavy (non-hydrogen) atoms. The van der Waals surface area contributed by atoms with Crippen LogP contribution in [0.25, 0.3) is 22.4 Å². The monoisotopic (exact) mass is 291 g/mol. The third-order valence-corrected chi connectivity index (χ3v) is 3.42. The maximum Gasteiger partial charge on any atom is 0.142 e. The van der Waals surface area contributed by atoms with E-state index < -0.39 is 0 Å². The van der Waals surface area contributed by atoms with Crippen molar-refractivity contribution >= 4 is 16.7 Å². The van der Waals surface area contributed by atoms with Crippen molar-refractivity contribution < 1.29 is 4.74 Å². The summed E-state index contributed by atoms with van der Waals surface area (Å²) in [5.41, 5.74) is 9.37. The van der Waals surface area contributed by atoms with Gasteiger partial charge in [0.15, 0.2) is 0 Å². The summed E-state index contributed by atoms with van der Waals surface area (Å²) in [6.07, 6.45) is 5.52. The second-order valence-electron chi connectivity index (χ2n) is 4.93. The predicted molar refractivity (Wildman–Crippen MR) is 89.6 cm³/mol. The van der Waals surface area contributed by atoms with E-state index in [2.05, 4.69) is 5.92 Å². The molecule has 0 atom stereocenters. The van der Waals surface area contributed by atoms with E-state index in [4.69, 9.17) is 21.9 Å². The average molecular weight is 291 g/mol. The van der Waals surface area contributed by atoms with Gasteiger partial charge in [-0.1, -0.05) is 18.1 Å². The van der Waals surface area contributed by atoms with Crippen LogP contribution in [-0.4, -0.2) is 16.2 Å². The molecule has 0 amide bonds. The Morgan fingerprint density at radius 2 is 2.14 bits per heavy atom. The van der Waals surface area contributed by atoms with Gasteiger partial charge in [-0.15, -0.1) is 6.42 Å². The Morgan fingerprint density at radius 1 is 1.27 bits per heavy atom. The standard InChI is InChI=1S/C18H17N3O/c1-3-10-21-17-9-8-15(22-4-2)12-16(17)20-18(21)13-6-5-7-14(19)11-13/h1,5-9,11-12H,4,10,19H2,2H3. The third kappa shape index (κ3) is 2.49. The smallest absolute Gasteiger partial charge is 0.142 e. The van der Waals surface area contributed by atoms with Crippen LogP contribution in [0.3, 0.4) is 0 Å². The molecule has 1 aromatic heterocycles. The SMILES string of the molecule is C#CCn1c(-c2cccc(N)c2)nc2cc(OCC)ccc21. The Labute approximate surface area is 129 Å². The molecular weight excluding hydrogens is 274 g/mol. The van der Waals surface area contributed by atoms with Gasteiger partial charge in [0.2, 0.25) is 0 Å². The van der Waals surface area contributed by atoms with Crippen LogP contribution in [0.15, 0.2) is 42.5 Å². The van der Waals surface area contributed by atoms with Crippen molar-refractivity contribution in [3.05, 3.63) is 42.5 Å². The predicted octanol–water partition coefficient (Wildman–Crippen LogP) is 3.32. The van der Waals surface area contributed by atoms with Crippen molar-refractivity contribution in [3.8, 4) is 29.5 Å². The van der Waals surface area contributed by atoms with Crippen molar-refractivity contribution in [3.63, 3.8) is 0 Å². The second kappa shape index (κ2) is 5.82. The van der Waals surface area contributed by atoms with Gasteiger partial charge in [0, 0.05) is 17.3 Å². The van der Waals surface area contributed by atoms with Gasteiger partial charge in [0.25, 0.3) is 0 Å². The number of nitrogens with zero attached hydrogens (tertiary/aromatic N) is 2. The highest BCUT2D eigenvalue weighted by molar-refractivity contribution is 5.82. The lowest BCUT2D eigenvalue weighted by molar-refractivity contribution is 0.340. The summed E-state index contributed by atoms with van der Waals surface area (Å²) in [6.45, 7) is 3.03. The lowest BCUT2D eigenvalue weighted by Crippen LogP contribution is -1.99. The minimum Gasteiger partial charge on any atom is -0.494 e. The van der Waals surface area contributed by atoms with Crippen LogP contribution in [0.5, 0.6) is 5.75 Å². The summed E-state index contributed by atoms with van der Waals surface area (Å²) < 4.78 is 7.55. The van der Waals surface area contributed by atoms with Gasteiger partial charge in [-0.05, 0) is 31.2 Å². The zero-order valence-electron chi connectivity index (χ0n) is 12.4. The van der Waals surface area contributed by atoms with E-state index in [1.165, 1.54) is 0 Å². The zero-order valence-corrected chi connectivity index (χ0v) is 12.4. The first-order valence-corrected chi connectivity index (χ1v) is 7.15. The summed E-state index contributed by atoms with van der Waals surface area (Å²) in [5, 5.41) is 0. The van der Waals surface area contributed by atoms with Crippen molar-refractivity contribution in [1.82, 2.24) is 9.55 Å². The highest BCUT2D eigenvalue weighted by Crippen LogP contribution is 2.28. The van der Waals surface area contributed by atoms with Crippen LogP contribution >= 0.6 is 0 Å². The molecule has 3 aromatic rings. The van der Waals surface area contributed by atoms with Gasteiger partial charge in [-0.3, -0.25) is 0 Å². The third-order valence-electron chi connectivity index (χ3n) is 3.42. The molecule has 0 radical (unpaired) electrons. The first kappa shape index (κ1) is 14.0. The Balaban J connectivity index is 2.20. The van der Waals surface area contributed by atoms with Crippen LogP contribution in [0.4, 0.5) is 5.69 Å². The average Bonchev–Trinajstić information content (AvgIpc) is 2.86. The van der Waals surface area contributed by atoms with E-state index in [1.54, 1.807) is 0 Å². The minimum absolute atomic E-state index is 0.453. The van der Waals surface area contributed by atoms with Crippen molar-refractivity contribution in [2.75, 3.05) is 12.3 Å². The molecule has 2 N–H and O–H groups in total. The summed E-state index contributed by atoms with van der Waals surface area (Å²) in [7, 11) is 0. The minimum atomic E-state index is 0.453. The maximum absolute atomic E-state index is 5.88. The molecule has 2 aromatic carbocycles. The number of anilines is 1. The highest BCUT2D eigenvalue weighted by Gasteiger charge is 2.13. The number of fused-ring (bicyclic) bond motifs is 1. The van der Waals surface area contributed by atoms with Gasteiger partial charge < -0.3 is 15.0 Å². The molecule has 1 heterocycles. The highest BCUT2D eigenvalue weighted by atomic mass is 16.5. The lowest BCUT2D eigenvalue weighted by atomic mass is 10.2. The van der Waals surface area contributed by atoms with E-state index in [-0.39, 0.29) is 0 Å². The first-order chi connectivity index (χ1) is 10.7. The van der Waals surface area contributed by atoms with Gasteiger partial charge >= 0.3 is 0 Å². The molecule has 0 aliphatic rings. The molecule has 0 unspecified atom stereocenters. The number of aromatic nitrogens is 2. The number of imidazole rings is 1. The van der Waals surface area contributed by atoms with Crippen LogP contribution in [0.1, 0.15) is 6.92 Å². The van der Waals surface area contributed by atoms with E-state index >= 15 is 0 Å². The Morgan fingerprint density at radius 3 is 2.86 bits per heavy atom. The van der Waals surface area contributed by atoms with Crippen molar-refractivity contribution in [1.29, 1.82) is 0 Å². The van der Waals surface area contributed by atoms with Gasteiger partial charge in [-0.2, -0.15) is 0 Å². The number of rotatable bonds is 4. The quantitative estimate of drug-likeness (QED) is 0.592. The van der Waals surface area contributed by atoms with E-state index in [1.807, 2.05) is 54.0 Å². The molecule has 0 aliphatic heterocycles. The van der Waals surface area contributed by atoms with E-state index in [0.29, 0.717) is 18.8 Å². The van der Waals surface area contributed by atoms with Crippen LogP contribution in [-0.2, 0) is 6.54 Å². The van der Waals surface area contributed by atoms with Crippen LogP contribution < -0.4 is 10.5 Å². The Hall–Kier alpha value is -2.93. The number of hydrogen-bond acceptors (Lipinski definition) is 3. The molecule has 0 aliphatic carbocycles. The number of hydrogen-bond donors (Lipinski definition) is 1. The fourth-order valence-corrected chi connectivity index (χ4v) is 2.52. The molecule has 4 nitrogen and oxygen atoms in total. The molecule has 0 saturated heterocycles.